The van der Waals surface area contributed by atoms with Crippen molar-refractivity contribution in [1.82, 2.24) is 14.8 Å². The fraction of sp³-hybridized carbons (Fsp3) is 0.400. The van der Waals surface area contributed by atoms with Gasteiger partial charge in [-0.2, -0.15) is 5.10 Å². The molecule has 1 amide bonds. The minimum absolute atomic E-state index is 0.0846. The number of nitrogens with one attached hydrogen (secondary N) is 2. The van der Waals surface area contributed by atoms with Crippen LogP contribution in [0.1, 0.15) is 32.6 Å². The molecule has 2 N–H and O–H groups in total. The predicted molar refractivity (Wildman–Crippen MR) is 102 cm³/mol. The van der Waals surface area contributed by atoms with E-state index in [4.69, 9.17) is 4.74 Å². The minimum Gasteiger partial charge on any atom is -0.497 e. The van der Waals surface area contributed by atoms with Crippen LogP contribution in [0.15, 0.2) is 30.3 Å². The lowest BCUT2D eigenvalue weighted by molar-refractivity contribution is -0.119. The summed E-state index contributed by atoms with van der Waals surface area (Å²) in [7, 11) is 1.67. The smallest absolute Gasteiger partial charge is 0.228 e. The number of methoxy groups -OCH3 is 1. The van der Waals surface area contributed by atoms with E-state index >= 15 is 0 Å². The molecule has 1 saturated carbocycles. The summed E-state index contributed by atoms with van der Waals surface area (Å²) in [4.78, 5) is 12.3. The van der Waals surface area contributed by atoms with E-state index < -0.39 is 0 Å². The SMILES string of the molecule is CCn1c(-c2cc(NC(=O)C3CCCC3)n[nH]2)cc2cc(OC)ccc21. The van der Waals surface area contributed by atoms with Crippen LogP contribution in [0.3, 0.4) is 0 Å². The summed E-state index contributed by atoms with van der Waals surface area (Å²) in [5.74, 6) is 1.64. The maximum Gasteiger partial charge on any atom is 0.228 e. The summed E-state index contributed by atoms with van der Waals surface area (Å²) in [6.45, 7) is 2.96. The first-order valence-electron chi connectivity index (χ1n) is 9.23. The zero-order valence-electron chi connectivity index (χ0n) is 15.2. The topological polar surface area (TPSA) is 71.9 Å². The van der Waals surface area contributed by atoms with E-state index in [1.54, 1.807) is 7.11 Å². The number of benzene rings is 1. The second-order valence-corrected chi connectivity index (χ2v) is 6.84. The van der Waals surface area contributed by atoms with Crippen LogP contribution in [0.25, 0.3) is 22.3 Å². The fourth-order valence-electron chi connectivity index (χ4n) is 3.87. The van der Waals surface area contributed by atoms with Crippen LogP contribution in [0.4, 0.5) is 5.82 Å². The Kier molecular flexibility index (Phi) is 4.41. The largest absolute Gasteiger partial charge is 0.497 e. The van der Waals surface area contributed by atoms with E-state index in [1.165, 1.54) is 0 Å². The van der Waals surface area contributed by atoms with Crippen molar-refractivity contribution in [3.05, 3.63) is 30.3 Å². The Labute approximate surface area is 152 Å². The number of carbonyl (C=O) groups is 1. The summed E-state index contributed by atoms with van der Waals surface area (Å²) in [5, 5.41) is 11.4. The first-order chi connectivity index (χ1) is 12.7. The third-order valence-electron chi connectivity index (χ3n) is 5.26. The van der Waals surface area contributed by atoms with Crippen molar-refractivity contribution in [2.24, 2.45) is 5.92 Å². The van der Waals surface area contributed by atoms with Gasteiger partial charge in [0.15, 0.2) is 5.82 Å². The highest BCUT2D eigenvalue weighted by Gasteiger charge is 2.23. The maximum absolute atomic E-state index is 12.3. The second kappa shape index (κ2) is 6.86. The Morgan fingerprint density at radius 3 is 2.85 bits per heavy atom. The lowest BCUT2D eigenvalue weighted by Crippen LogP contribution is -2.20. The third kappa shape index (κ3) is 2.96. The van der Waals surface area contributed by atoms with Gasteiger partial charge in [0.05, 0.1) is 18.5 Å². The molecule has 3 aromatic rings. The van der Waals surface area contributed by atoms with Gasteiger partial charge in [0.2, 0.25) is 5.91 Å². The number of fused-ring (bicyclic) bond motifs is 1. The van der Waals surface area contributed by atoms with Crippen molar-refractivity contribution in [3.8, 4) is 17.1 Å². The predicted octanol–water partition coefficient (Wildman–Crippen LogP) is 4.19. The van der Waals surface area contributed by atoms with Crippen molar-refractivity contribution in [3.63, 3.8) is 0 Å². The average Bonchev–Trinajstić information content (AvgIpc) is 3.39. The molecule has 136 valence electrons. The summed E-state index contributed by atoms with van der Waals surface area (Å²) in [6, 6.07) is 10.1. The van der Waals surface area contributed by atoms with Crippen molar-refractivity contribution in [2.45, 2.75) is 39.2 Å². The van der Waals surface area contributed by atoms with Crippen LogP contribution >= 0.6 is 0 Å². The standard InChI is InChI=1S/C20H24N4O2/c1-3-24-17-9-8-15(26-2)10-14(17)11-18(24)16-12-19(23-22-16)21-20(25)13-6-4-5-7-13/h8-13H,3-7H2,1-2H3,(H2,21,22,23,25). The highest BCUT2D eigenvalue weighted by Crippen LogP contribution is 2.31. The number of aromatic amines is 1. The van der Waals surface area contributed by atoms with E-state index in [0.29, 0.717) is 5.82 Å². The van der Waals surface area contributed by atoms with Crippen LogP contribution in [0.2, 0.25) is 0 Å². The van der Waals surface area contributed by atoms with Gasteiger partial charge in [0.1, 0.15) is 5.75 Å². The molecule has 1 aliphatic carbocycles. The first kappa shape index (κ1) is 16.7. The molecule has 0 unspecified atom stereocenters. The molecule has 0 spiro atoms. The highest BCUT2D eigenvalue weighted by molar-refractivity contribution is 5.93. The van der Waals surface area contributed by atoms with Gasteiger partial charge >= 0.3 is 0 Å². The summed E-state index contributed by atoms with van der Waals surface area (Å²) in [6.07, 6.45) is 4.25. The van der Waals surface area contributed by atoms with Crippen LogP contribution in [-0.2, 0) is 11.3 Å². The number of aryl methyl sites for hydroxylation is 1. The van der Waals surface area contributed by atoms with Gasteiger partial charge in [0.25, 0.3) is 0 Å². The monoisotopic (exact) mass is 352 g/mol. The first-order valence-corrected chi connectivity index (χ1v) is 9.23. The zero-order valence-corrected chi connectivity index (χ0v) is 15.2. The number of anilines is 1. The Morgan fingerprint density at radius 2 is 2.12 bits per heavy atom. The molecule has 1 aliphatic rings. The number of ether oxygens (including phenoxy) is 1. The molecular weight excluding hydrogens is 328 g/mol. The van der Waals surface area contributed by atoms with Gasteiger partial charge in [-0.1, -0.05) is 12.8 Å². The molecule has 0 atom stereocenters. The zero-order chi connectivity index (χ0) is 18.1. The molecule has 2 heterocycles. The molecule has 0 radical (unpaired) electrons. The van der Waals surface area contributed by atoms with Crippen LogP contribution in [0.5, 0.6) is 5.75 Å². The number of amides is 1. The number of carbonyl (C=O) groups excluding carboxylic acids is 1. The van der Waals surface area contributed by atoms with Crippen molar-refractivity contribution < 1.29 is 9.53 Å². The molecule has 0 saturated heterocycles. The number of aromatic nitrogens is 3. The van der Waals surface area contributed by atoms with E-state index in [9.17, 15) is 4.79 Å². The molecular formula is C20H24N4O2. The van der Waals surface area contributed by atoms with Gasteiger partial charge in [-0.3, -0.25) is 9.89 Å². The molecule has 1 aromatic carbocycles. The average molecular weight is 352 g/mol. The summed E-state index contributed by atoms with van der Waals surface area (Å²) in [5.41, 5.74) is 3.09. The van der Waals surface area contributed by atoms with Gasteiger partial charge < -0.3 is 14.6 Å². The Balaban J connectivity index is 1.63. The Hall–Kier alpha value is -2.76. The number of hydrogen-bond donors (Lipinski definition) is 2. The quantitative estimate of drug-likeness (QED) is 0.723. The van der Waals surface area contributed by atoms with E-state index in [2.05, 4.69) is 39.1 Å². The van der Waals surface area contributed by atoms with Crippen LogP contribution < -0.4 is 10.1 Å². The number of hydrogen-bond acceptors (Lipinski definition) is 3. The molecule has 6 nitrogen and oxygen atoms in total. The third-order valence-corrected chi connectivity index (χ3v) is 5.26. The maximum atomic E-state index is 12.3. The molecule has 6 heteroatoms. The molecule has 2 aromatic heterocycles. The molecule has 26 heavy (non-hydrogen) atoms. The number of nitrogens with zero attached hydrogens (tertiary/aromatic N) is 2. The lowest BCUT2D eigenvalue weighted by atomic mass is 10.1. The van der Waals surface area contributed by atoms with Crippen molar-refractivity contribution in [1.29, 1.82) is 0 Å². The normalized spacial score (nSPS) is 14.8. The summed E-state index contributed by atoms with van der Waals surface area (Å²) >= 11 is 0. The number of rotatable bonds is 5. The lowest BCUT2D eigenvalue weighted by Gasteiger charge is -2.07. The Bertz CT molecular complexity index is 935. The van der Waals surface area contributed by atoms with Crippen LogP contribution in [0, 0.1) is 5.92 Å². The fourth-order valence-corrected chi connectivity index (χ4v) is 3.87. The van der Waals surface area contributed by atoms with E-state index in [1.807, 2.05) is 18.2 Å². The molecule has 1 fully saturated rings. The van der Waals surface area contributed by atoms with Gasteiger partial charge in [0, 0.05) is 29.4 Å². The highest BCUT2D eigenvalue weighted by atomic mass is 16.5. The van der Waals surface area contributed by atoms with Gasteiger partial charge in [-0.25, -0.2) is 0 Å². The van der Waals surface area contributed by atoms with Crippen molar-refractivity contribution in [2.75, 3.05) is 12.4 Å². The van der Waals surface area contributed by atoms with Gasteiger partial charge in [-0.05, 0) is 44.0 Å². The minimum atomic E-state index is 0.0846. The number of H-pyrrole nitrogens is 1. The van der Waals surface area contributed by atoms with Crippen LogP contribution in [-0.4, -0.2) is 27.8 Å². The van der Waals surface area contributed by atoms with Crippen molar-refractivity contribution >= 4 is 22.6 Å². The van der Waals surface area contributed by atoms with Gasteiger partial charge in [-0.15, -0.1) is 0 Å². The Morgan fingerprint density at radius 1 is 1.31 bits per heavy atom. The van der Waals surface area contributed by atoms with E-state index in [0.717, 1.165) is 60.3 Å². The molecule has 0 bridgehead atoms. The summed E-state index contributed by atoms with van der Waals surface area (Å²) < 4.78 is 7.56. The second-order valence-electron chi connectivity index (χ2n) is 6.84. The van der Waals surface area contributed by atoms with E-state index in [-0.39, 0.29) is 11.8 Å². The molecule has 0 aliphatic heterocycles. The molecule has 4 rings (SSSR count).